The molecule has 1 heterocycles. The molecule has 0 amide bonds. The minimum absolute atomic E-state index is 0.130. The molecule has 0 aliphatic heterocycles. The largest absolute Gasteiger partial charge is 0.398 e. The highest BCUT2D eigenvalue weighted by atomic mass is 16.5. The maximum Gasteiger partial charge on any atom is 0.0662 e. The number of anilines is 1. The molecule has 0 bridgehead atoms. The highest BCUT2D eigenvalue weighted by Crippen LogP contribution is 2.19. The molecule has 16 heavy (non-hydrogen) atoms. The van der Waals surface area contributed by atoms with Gasteiger partial charge in [-0.15, -0.1) is 0 Å². The van der Waals surface area contributed by atoms with Crippen molar-refractivity contribution in [3.05, 3.63) is 24.0 Å². The van der Waals surface area contributed by atoms with E-state index in [-0.39, 0.29) is 6.04 Å². The van der Waals surface area contributed by atoms with Gasteiger partial charge in [-0.25, -0.2) is 0 Å². The number of nitrogens with two attached hydrogens (primary N) is 1. The van der Waals surface area contributed by atoms with Crippen LogP contribution < -0.4 is 11.1 Å². The van der Waals surface area contributed by atoms with E-state index in [1.54, 1.807) is 12.4 Å². The lowest BCUT2D eigenvalue weighted by molar-refractivity contribution is 0.112. The number of aromatic nitrogens is 1. The summed E-state index contributed by atoms with van der Waals surface area (Å²) in [6.45, 7) is 6.47. The predicted molar refractivity (Wildman–Crippen MR) is 66.2 cm³/mol. The highest BCUT2D eigenvalue weighted by molar-refractivity contribution is 5.46. The second-order valence-electron chi connectivity index (χ2n) is 3.69. The van der Waals surface area contributed by atoms with Crippen LogP contribution in [0.1, 0.15) is 31.9 Å². The molecule has 0 radical (unpaired) electrons. The van der Waals surface area contributed by atoms with Gasteiger partial charge in [0.05, 0.1) is 12.6 Å². The zero-order valence-electron chi connectivity index (χ0n) is 10.1. The van der Waals surface area contributed by atoms with Crippen LogP contribution in [-0.2, 0) is 4.74 Å². The fraction of sp³-hybridized carbons (Fsp3) is 0.583. The number of ether oxygens (including phenoxy) is 1. The summed E-state index contributed by atoms with van der Waals surface area (Å²) >= 11 is 0. The molecule has 0 aliphatic rings. The Kier molecular flexibility index (Phi) is 5.82. The summed E-state index contributed by atoms with van der Waals surface area (Å²) in [4.78, 5) is 4.10. The van der Waals surface area contributed by atoms with Crippen molar-refractivity contribution in [2.75, 3.05) is 25.5 Å². The SMILES string of the molecule is CCCOCC(NCC)c1cnccc1N. The first kappa shape index (κ1) is 12.9. The van der Waals surface area contributed by atoms with Crippen LogP contribution >= 0.6 is 0 Å². The van der Waals surface area contributed by atoms with Crippen molar-refractivity contribution < 1.29 is 4.74 Å². The first-order chi connectivity index (χ1) is 7.79. The van der Waals surface area contributed by atoms with E-state index in [0.29, 0.717) is 6.61 Å². The Hall–Kier alpha value is -1.13. The summed E-state index contributed by atoms with van der Waals surface area (Å²) in [6, 6.07) is 1.95. The molecular weight excluding hydrogens is 202 g/mol. The number of hydrogen-bond donors (Lipinski definition) is 2. The van der Waals surface area contributed by atoms with E-state index in [1.807, 2.05) is 6.07 Å². The number of nitrogens with one attached hydrogen (secondary N) is 1. The summed E-state index contributed by atoms with van der Waals surface area (Å²) < 4.78 is 5.56. The van der Waals surface area contributed by atoms with Gasteiger partial charge < -0.3 is 15.8 Å². The highest BCUT2D eigenvalue weighted by Gasteiger charge is 2.13. The lowest BCUT2D eigenvalue weighted by Crippen LogP contribution is -2.26. The second kappa shape index (κ2) is 7.19. The molecular formula is C12H21N3O. The predicted octanol–water partition coefficient (Wildman–Crippen LogP) is 1.74. The first-order valence-electron chi connectivity index (χ1n) is 5.80. The number of rotatable bonds is 7. The van der Waals surface area contributed by atoms with E-state index in [0.717, 1.165) is 30.8 Å². The minimum Gasteiger partial charge on any atom is -0.398 e. The van der Waals surface area contributed by atoms with Crippen LogP contribution in [0.25, 0.3) is 0 Å². The summed E-state index contributed by atoms with van der Waals surface area (Å²) in [7, 11) is 0. The van der Waals surface area contributed by atoms with Gasteiger partial charge >= 0.3 is 0 Å². The Morgan fingerprint density at radius 1 is 1.50 bits per heavy atom. The van der Waals surface area contributed by atoms with Gasteiger partial charge in [0, 0.05) is 30.3 Å². The molecule has 4 heteroatoms. The third-order valence-electron chi connectivity index (χ3n) is 2.35. The first-order valence-corrected chi connectivity index (χ1v) is 5.80. The maximum atomic E-state index is 5.92. The molecule has 1 atom stereocenters. The Bertz CT molecular complexity index is 304. The van der Waals surface area contributed by atoms with Gasteiger partial charge in [0.25, 0.3) is 0 Å². The van der Waals surface area contributed by atoms with E-state index in [9.17, 15) is 0 Å². The monoisotopic (exact) mass is 223 g/mol. The van der Waals surface area contributed by atoms with Gasteiger partial charge in [0.1, 0.15) is 0 Å². The van der Waals surface area contributed by atoms with Crippen LogP contribution in [0.5, 0.6) is 0 Å². The van der Waals surface area contributed by atoms with Crippen molar-refractivity contribution >= 4 is 5.69 Å². The lowest BCUT2D eigenvalue weighted by atomic mass is 10.1. The van der Waals surface area contributed by atoms with Crippen molar-refractivity contribution in [3.8, 4) is 0 Å². The molecule has 4 nitrogen and oxygen atoms in total. The summed E-state index contributed by atoms with van der Waals surface area (Å²) in [5.41, 5.74) is 7.70. The average molecular weight is 223 g/mol. The summed E-state index contributed by atoms with van der Waals surface area (Å²) in [6.07, 6.45) is 4.54. The molecule has 1 aromatic rings. The van der Waals surface area contributed by atoms with E-state index in [1.165, 1.54) is 0 Å². The zero-order chi connectivity index (χ0) is 11.8. The van der Waals surface area contributed by atoms with Crippen LogP contribution in [0, 0.1) is 0 Å². The Morgan fingerprint density at radius 3 is 2.94 bits per heavy atom. The Morgan fingerprint density at radius 2 is 2.31 bits per heavy atom. The van der Waals surface area contributed by atoms with Gasteiger partial charge in [0.2, 0.25) is 0 Å². The van der Waals surface area contributed by atoms with E-state index in [2.05, 4.69) is 24.1 Å². The third kappa shape index (κ3) is 3.79. The van der Waals surface area contributed by atoms with Crippen molar-refractivity contribution in [1.29, 1.82) is 0 Å². The zero-order valence-corrected chi connectivity index (χ0v) is 10.1. The molecule has 0 aliphatic carbocycles. The molecule has 3 N–H and O–H groups in total. The minimum atomic E-state index is 0.130. The van der Waals surface area contributed by atoms with Gasteiger partial charge in [0.15, 0.2) is 0 Å². The maximum absolute atomic E-state index is 5.92. The molecule has 0 aromatic carbocycles. The van der Waals surface area contributed by atoms with Crippen LogP contribution in [0.4, 0.5) is 5.69 Å². The smallest absolute Gasteiger partial charge is 0.0662 e. The number of pyridine rings is 1. The number of likely N-dealkylation sites (N-methyl/N-ethyl adjacent to an activating group) is 1. The number of nitrogen functional groups attached to an aromatic ring is 1. The summed E-state index contributed by atoms with van der Waals surface area (Å²) in [5.74, 6) is 0. The van der Waals surface area contributed by atoms with Gasteiger partial charge in [-0.05, 0) is 19.0 Å². The molecule has 0 spiro atoms. The standard InChI is InChI=1S/C12H21N3O/c1-3-7-16-9-12(15-4-2)10-8-14-6-5-11(10)13/h5-6,8,12,15H,3-4,7,9H2,1-2H3,(H2,13,14). The van der Waals surface area contributed by atoms with Gasteiger partial charge in [-0.1, -0.05) is 13.8 Å². The van der Waals surface area contributed by atoms with Crippen LogP contribution in [0.3, 0.4) is 0 Å². The lowest BCUT2D eigenvalue weighted by Gasteiger charge is -2.19. The van der Waals surface area contributed by atoms with Crippen molar-refractivity contribution in [1.82, 2.24) is 10.3 Å². The molecule has 0 saturated carbocycles. The van der Waals surface area contributed by atoms with E-state index >= 15 is 0 Å². The molecule has 1 aromatic heterocycles. The number of hydrogen-bond acceptors (Lipinski definition) is 4. The van der Waals surface area contributed by atoms with Gasteiger partial charge in [-0.2, -0.15) is 0 Å². The Labute approximate surface area is 97.2 Å². The van der Waals surface area contributed by atoms with E-state index in [4.69, 9.17) is 10.5 Å². The summed E-state index contributed by atoms with van der Waals surface area (Å²) in [5, 5.41) is 3.35. The molecule has 1 unspecified atom stereocenters. The van der Waals surface area contributed by atoms with Crippen LogP contribution in [0.2, 0.25) is 0 Å². The topological polar surface area (TPSA) is 60.2 Å². The van der Waals surface area contributed by atoms with Gasteiger partial charge in [-0.3, -0.25) is 4.98 Å². The van der Waals surface area contributed by atoms with E-state index < -0.39 is 0 Å². The van der Waals surface area contributed by atoms with Crippen LogP contribution in [0.15, 0.2) is 18.5 Å². The Balaban J connectivity index is 2.65. The van der Waals surface area contributed by atoms with Crippen molar-refractivity contribution in [3.63, 3.8) is 0 Å². The molecule has 90 valence electrons. The second-order valence-corrected chi connectivity index (χ2v) is 3.69. The molecule has 0 fully saturated rings. The number of nitrogens with zero attached hydrogens (tertiary/aromatic N) is 1. The molecule has 1 rings (SSSR count). The van der Waals surface area contributed by atoms with Crippen molar-refractivity contribution in [2.45, 2.75) is 26.3 Å². The fourth-order valence-corrected chi connectivity index (χ4v) is 1.56. The third-order valence-corrected chi connectivity index (χ3v) is 2.35. The molecule has 0 saturated heterocycles. The average Bonchev–Trinajstić information content (AvgIpc) is 2.29. The quantitative estimate of drug-likeness (QED) is 0.691. The van der Waals surface area contributed by atoms with Crippen LogP contribution in [-0.4, -0.2) is 24.7 Å². The van der Waals surface area contributed by atoms with Crippen molar-refractivity contribution in [2.24, 2.45) is 0 Å². The normalized spacial score (nSPS) is 12.6. The fourth-order valence-electron chi connectivity index (χ4n) is 1.56.